The molecular weight excluding hydrogens is 380 g/mol. The van der Waals surface area contributed by atoms with E-state index in [2.05, 4.69) is 17.1 Å². The van der Waals surface area contributed by atoms with E-state index in [0.717, 1.165) is 23.2 Å². The van der Waals surface area contributed by atoms with E-state index in [1.165, 1.54) is 10.9 Å². The average Bonchev–Trinajstić information content (AvgIpc) is 3.16. The summed E-state index contributed by atoms with van der Waals surface area (Å²) in [6.45, 7) is 2.78. The van der Waals surface area contributed by atoms with Crippen molar-refractivity contribution in [1.29, 1.82) is 0 Å². The first kappa shape index (κ1) is 19.9. The molecule has 2 aromatic carbocycles. The minimum absolute atomic E-state index is 0.242. The van der Waals surface area contributed by atoms with E-state index in [4.69, 9.17) is 14.2 Å². The largest absolute Gasteiger partial charge is 0.493 e. The lowest BCUT2D eigenvalue weighted by molar-refractivity contribution is 0.0946. The third-order valence-corrected chi connectivity index (χ3v) is 5.46. The summed E-state index contributed by atoms with van der Waals surface area (Å²) in [5.41, 5.74) is 4.33. The number of carbonyl (C=O) groups is 1. The number of hydrogen-bond acceptors (Lipinski definition) is 4. The fourth-order valence-corrected chi connectivity index (χ4v) is 4.04. The Morgan fingerprint density at radius 2 is 1.97 bits per heavy atom. The Morgan fingerprint density at radius 1 is 1.17 bits per heavy atom. The van der Waals surface area contributed by atoms with Gasteiger partial charge in [0.25, 0.3) is 0 Å². The average molecular weight is 406 g/mol. The highest BCUT2D eigenvalue weighted by Crippen LogP contribution is 2.36. The number of fused-ring (bicyclic) bond motifs is 3. The lowest BCUT2D eigenvalue weighted by atomic mass is 9.97. The van der Waals surface area contributed by atoms with Crippen molar-refractivity contribution >= 4 is 23.1 Å². The number of H-pyrrole nitrogens is 1. The Labute approximate surface area is 176 Å². The molecule has 1 atom stereocenters. The minimum Gasteiger partial charge on any atom is -0.493 e. The van der Waals surface area contributed by atoms with Crippen molar-refractivity contribution < 1.29 is 19.0 Å². The zero-order valence-electron chi connectivity index (χ0n) is 17.5. The molecule has 6 nitrogen and oxygen atoms in total. The van der Waals surface area contributed by atoms with Gasteiger partial charge in [-0.05, 0) is 42.7 Å². The Morgan fingerprint density at radius 3 is 2.73 bits per heavy atom. The van der Waals surface area contributed by atoms with Crippen molar-refractivity contribution in [2.75, 3.05) is 27.4 Å². The molecule has 0 saturated heterocycles. The molecule has 1 aromatic heterocycles. The maximum absolute atomic E-state index is 12.6. The number of nitrogens with zero attached hydrogens (tertiary/aromatic N) is 1. The Kier molecular flexibility index (Phi) is 5.65. The summed E-state index contributed by atoms with van der Waals surface area (Å²) in [6, 6.07) is 13.8. The van der Waals surface area contributed by atoms with E-state index >= 15 is 0 Å². The molecule has 1 aliphatic rings. The smallest absolute Gasteiger partial charge is 0.410 e. The van der Waals surface area contributed by atoms with Crippen LogP contribution in [-0.4, -0.2) is 43.3 Å². The van der Waals surface area contributed by atoms with Gasteiger partial charge in [0.2, 0.25) is 0 Å². The number of methoxy groups -OCH3 is 2. The van der Waals surface area contributed by atoms with Gasteiger partial charge < -0.3 is 19.2 Å². The predicted molar refractivity (Wildman–Crippen MR) is 117 cm³/mol. The number of amides is 1. The molecular formula is C24H26N2O4. The number of aromatic amines is 1. The fourth-order valence-electron chi connectivity index (χ4n) is 4.04. The maximum Gasteiger partial charge on any atom is 0.410 e. The van der Waals surface area contributed by atoms with Gasteiger partial charge in [-0.25, -0.2) is 4.79 Å². The number of nitrogens with one attached hydrogen (secondary N) is 1. The molecule has 6 heteroatoms. The van der Waals surface area contributed by atoms with E-state index in [-0.39, 0.29) is 12.1 Å². The van der Waals surface area contributed by atoms with Crippen LogP contribution >= 0.6 is 0 Å². The number of benzene rings is 2. The highest BCUT2D eigenvalue weighted by molar-refractivity contribution is 5.86. The van der Waals surface area contributed by atoms with Gasteiger partial charge in [0.1, 0.15) is 0 Å². The monoisotopic (exact) mass is 406 g/mol. The Balaban J connectivity index is 1.74. The second-order valence-electron chi connectivity index (χ2n) is 7.12. The molecule has 0 radical (unpaired) electrons. The summed E-state index contributed by atoms with van der Waals surface area (Å²) in [7, 11) is 3.23. The third kappa shape index (κ3) is 3.61. The molecule has 1 amide bonds. The number of ether oxygens (including phenoxy) is 3. The third-order valence-electron chi connectivity index (χ3n) is 5.46. The van der Waals surface area contributed by atoms with Crippen LogP contribution < -0.4 is 9.47 Å². The van der Waals surface area contributed by atoms with Crippen LogP contribution in [0.25, 0.3) is 17.0 Å². The van der Waals surface area contributed by atoms with Gasteiger partial charge in [0, 0.05) is 23.1 Å². The van der Waals surface area contributed by atoms with Gasteiger partial charge in [-0.2, -0.15) is 0 Å². The van der Waals surface area contributed by atoms with Crippen molar-refractivity contribution in [3.63, 3.8) is 0 Å². The first-order valence-electron chi connectivity index (χ1n) is 10.1. The van der Waals surface area contributed by atoms with Gasteiger partial charge in [-0.1, -0.05) is 36.4 Å². The topological polar surface area (TPSA) is 63.8 Å². The first-order valence-corrected chi connectivity index (χ1v) is 10.1. The molecule has 156 valence electrons. The molecule has 1 aliphatic heterocycles. The lowest BCUT2D eigenvalue weighted by Crippen LogP contribution is -2.39. The van der Waals surface area contributed by atoms with Crippen LogP contribution in [0.15, 0.2) is 48.5 Å². The highest BCUT2D eigenvalue weighted by atomic mass is 16.6. The number of hydrogen-bond donors (Lipinski definition) is 1. The van der Waals surface area contributed by atoms with Gasteiger partial charge in [-0.15, -0.1) is 0 Å². The van der Waals surface area contributed by atoms with Crippen molar-refractivity contribution in [1.82, 2.24) is 9.88 Å². The van der Waals surface area contributed by atoms with Crippen molar-refractivity contribution in [3.05, 3.63) is 65.4 Å². The first-order chi connectivity index (χ1) is 14.7. The summed E-state index contributed by atoms with van der Waals surface area (Å²) in [6.07, 6.45) is 4.52. The van der Waals surface area contributed by atoms with Gasteiger partial charge in [0.05, 0.1) is 26.9 Å². The standard InChI is InChI=1S/C24H26N2O4/c1-4-30-24(27)26-14-13-18-17-7-5-6-8-19(17)25-23(18)20(26)11-9-16-10-12-21(28-2)22(15-16)29-3/h5-12,15,20,25H,4,13-14H2,1-3H3/b11-9+/t20-/m1/s1. The van der Waals surface area contributed by atoms with Crippen molar-refractivity contribution in [3.8, 4) is 11.5 Å². The Hall–Kier alpha value is -3.41. The van der Waals surface area contributed by atoms with E-state index in [0.29, 0.717) is 24.7 Å². The summed E-state index contributed by atoms with van der Waals surface area (Å²) in [4.78, 5) is 17.9. The van der Waals surface area contributed by atoms with Crippen LogP contribution in [-0.2, 0) is 11.2 Å². The van der Waals surface area contributed by atoms with Gasteiger partial charge in [-0.3, -0.25) is 4.90 Å². The number of carbonyl (C=O) groups excluding carboxylic acids is 1. The minimum atomic E-state index is -0.302. The predicted octanol–water partition coefficient (Wildman–Crippen LogP) is 4.95. The second-order valence-corrected chi connectivity index (χ2v) is 7.12. The van der Waals surface area contributed by atoms with E-state index < -0.39 is 0 Å². The summed E-state index contributed by atoms with van der Waals surface area (Å²) >= 11 is 0. The molecule has 2 heterocycles. The lowest BCUT2D eigenvalue weighted by Gasteiger charge is -2.33. The second kappa shape index (κ2) is 8.53. The van der Waals surface area contributed by atoms with Crippen LogP contribution in [0.5, 0.6) is 11.5 Å². The molecule has 4 rings (SSSR count). The van der Waals surface area contributed by atoms with Crippen LogP contribution in [0.4, 0.5) is 4.79 Å². The molecule has 0 spiro atoms. The number of para-hydroxylation sites is 1. The quantitative estimate of drug-likeness (QED) is 0.651. The van der Waals surface area contributed by atoms with E-state index in [9.17, 15) is 4.79 Å². The molecule has 3 aromatic rings. The van der Waals surface area contributed by atoms with Crippen molar-refractivity contribution in [2.24, 2.45) is 0 Å². The maximum atomic E-state index is 12.6. The normalized spacial score (nSPS) is 16.0. The SMILES string of the molecule is CCOC(=O)N1CCc2c([nH]c3ccccc23)[C@H]1/C=C/c1ccc(OC)c(OC)c1. The fraction of sp³-hybridized carbons (Fsp3) is 0.292. The zero-order chi connectivity index (χ0) is 21.1. The van der Waals surface area contributed by atoms with Crippen LogP contribution in [0.1, 0.15) is 29.8 Å². The summed E-state index contributed by atoms with van der Waals surface area (Å²) < 4.78 is 16.0. The van der Waals surface area contributed by atoms with E-state index in [1.54, 1.807) is 19.1 Å². The number of aromatic nitrogens is 1. The molecule has 30 heavy (non-hydrogen) atoms. The molecule has 1 N–H and O–H groups in total. The van der Waals surface area contributed by atoms with Crippen LogP contribution in [0, 0.1) is 0 Å². The van der Waals surface area contributed by atoms with E-state index in [1.807, 2.05) is 49.4 Å². The highest BCUT2D eigenvalue weighted by Gasteiger charge is 2.32. The van der Waals surface area contributed by atoms with Crippen molar-refractivity contribution in [2.45, 2.75) is 19.4 Å². The zero-order valence-corrected chi connectivity index (χ0v) is 17.5. The molecule has 0 aliphatic carbocycles. The molecule has 0 fully saturated rings. The molecule has 0 bridgehead atoms. The summed E-state index contributed by atoms with van der Waals surface area (Å²) in [5, 5.41) is 1.21. The molecule has 0 saturated carbocycles. The van der Waals surface area contributed by atoms with Crippen LogP contribution in [0.2, 0.25) is 0 Å². The van der Waals surface area contributed by atoms with Gasteiger partial charge in [0.15, 0.2) is 11.5 Å². The number of rotatable bonds is 5. The van der Waals surface area contributed by atoms with Crippen LogP contribution in [0.3, 0.4) is 0 Å². The Bertz CT molecular complexity index is 1090. The molecule has 0 unspecified atom stereocenters. The summed E-state index contributed by atoms with van der Waals surface area (Å²) in [5.74, 6) is 1.34. The van der Waals surface area contributed by atoms with Gasteiger partial charge >= 0.3 is 6.09 Å².